The van der Waals surface area contributed by atoms with Crippen LogP contribution in [0.15, 0.2) is 109 Å². The minimum Gasteiger partial charge on any atom is -0.505 e. The number of fused-ring (bicyclic) bond motifs is 3. The molecule has 416 valence electrons. The molecule has 3 heterocycles. The Morgan fingerprint density at radius 2 is 0.901 bits per heavy atom. The van der Waals surface area contributed by atoms with Crippen molar-refractivity contribution in [3.63, 3.8) is 0 Å². The lowest BCUT2D eigenvalue weighted by molar-refractivity contribution is -0.138. The smallest absolute Gasteiger partial charge is 0.262 e. The van der Waals surface area contributed by atoms with Gasteiger partial charge in [-0.3, -0.25) is 42.5 Å². The lowest BCUT2D eigenvalue weighted by Gasteiger charge is -2.45. The molecule has 6 N–H and O–H groups in total. The van der Waals surface area contributed by atoms with Gasteiger partial charge in [0.15, 0.2) is 34.7 Å². The van der Waals surface area contributed by atoms with E-state index in [9.17, 15) is 15.3 Å². The number of phenols is 3. The highest BCUT2D eigenvalue weighted by atomic mass is 35.5. The normalized spacial score (nSPS) is 13.0. The first-order chi connectivity index (χ1) is 38.6. The summed E-state index contributed by atoms with van der Waals surface area (Å²) in [4.78, 5) is 95.1. The van der Waals surface area contributed by atoms with Gasteiger partial charge in [0, 0.05) is 90.7 Å². The minimum absolute atomic E-state index is 0.0636. The van der Waals surface area contributed by atoms with Gasteiger partial charge < -0.3 is 31.3 Å². The van der Waals surface area contributed by atoms with Crippen LogP contribution >= 0.6 is 34.8 Å². The van der Waals surface area contributed by atoms with Crippen molar-refractivity contribution in [2.24, 2.45) is 0 Å². The maximum Gasteiger partial charge on any atom is 0.262 e. The number of nitrogens with one attached hydrogen (secondary N) is 3. The lowest BCUT2D eigenvalue weighted by Crippen LogP contribution is -2.59. The Kier molecular flexibility index (Phi) is 15.6. The van der Waals surface area contributed by atoms with E-state index < -0.39 is 120 Å². The highest BCUT2D eigenvalue weighted by molar-refractivity contribution is 6.32. The number of benzene rings is 6. The number of aromatic hydroxyl groups is 3. The Balaban J connectivity index is 1.62. The maximum atomic E-state index is 18.1. The average molecular weight is 1160 g/mol. The third-order valence-corrected chi connectivity index (χ3v) is 15.4. The molecule has 3 aromatic heterocycles. The van der Waals surface area contributed by atoms with Crippen LogP contribution in [0.4, 0.5) is 13.2 Å². The second-order valence-corrected chi connectivity index (χ2v) is 20.6. The van der Waals surface area contributed by atoms with Crippen LogP contribution in [0.3, 0.4) is 0 Å². The summed E-state index contributed by atoms with van der Waals surface area (Å²) in [5.41, 5.74) is -7.31. The molecule has 0 saturated heterocycles. The fourth-order valence-corrected chi connectivity index (χ4v) is 12.0. The van der Waals surface area contributed by atoms with Gasteiger partial charge >= 0.3 is 0 Å². The third kappa shape index (κ3) is 9.20. The number of carbonyl (C=O) groups excluding carboxylic acids is 6. The Labute approximate surface area is 475 Å². The fraction of sp³-hybridized carbons (Fsp3) is 0.200. The standard InChI is InChI=1S/C60H50Cl3F3N6O9/c1-7-24-69-59(81)60(48-30(5)72(39-20-23-42(75)53(66)47(39)48)58(80)33-14-11-17-36(63)27-33,49(54(76)67-6)43-28(3)70(37-18-21-40(73)51(64)45(37)43)56(78)31-12-9-15-34(61)25-31)50(55(77)68-8-2)44-29(4)71(38-19-22-41(74)52(65)46(38)44)57(79)32-13-10-16-35(62)26-32/h9-23,25-27,49-50,73-75H,7-8,24H2,1-6H3,(H,67,76)(H,68,77)(H,69,81). The van der Waals surface area contributed by atoms with E-state index in [0.717, 1.165) is 45.0 Å². The molecule has 0 aliphatic carbocycles. The number of rotatable bonds is 14. The molecule has 6 aromatic carbocycles. The van der Waals surface area contributed by atoms with E-state index in [2.05, 4.69) is 16.0 Å². The molecular formula is C60H50Cl3F3N6O9. The zero-order valence-electron chi connectivity index (χ0n) is 44.1. The van der Waals surface area contributed by atoms with Crippen LogP contribution in [0.2, 0.25) is 15.1 Å². The summed E-state index contributed by atoms with van der Waals surface area (Å²) in [6.07, 6.45) is 0.144. The highest BCUT2D eigenvalue weighted by Crippen LogP contribution is 2.58. The molecule has 0 aliphatic rings. The van der Waals surface area contributed by atoms with Crippen LogP contribution in [0.1, 0.15) is 97.0 Å². The van der Waals surface area contributed by atoms with Crippen molar-refractivity contribution in [2.75, 3.05) is 20.1 Å². The fourth-order valence-electron chi connectivity index (χ4n) is 11.4. The van der Waals surface area contributed by atoms with Crippen molar-refractivity contribution in [3.8, 4) is 17.2 Å². The third-order valence-electron chi connectivity index (χ3n) is 14.7. The van der Waals surface area contributed by atoms with Crippen LogP contribution in [-0.4, -0.2) is 84.6 Å². The Morgan fingerprint density at radius 1 is 0.531 bits per heavy atom. The molecule has 0 fully saturated rings. The molecule has 0 bridgehead atoms. The van der Waals surface area contributed by atoms with E-state index in [-0.39, 0.29) is 84.9 Å². The van der Waals surface area contributed by atoms with E-state index in [4.69, 9.17) is 34.8 Å². The van der Waals surface area contributed by atoms with Crippen LogP contribution in [0, 0.1) is 38.2 Å². The number of hydrogen-bond acceptors (Lipinski definition) is 9. The zero-order chi connectivity index (χ0) is 58.7. The van der Waals surface area contributed by atoms with Gasteiger partial charge in [-0.25, -0.2) is 13.2 Å². The van der Waals surface area contributed by atoms with Gasteiger partial charge in [0.1, 0.15) is 5.41 Å². The number of halogens is 6. The Bertz CT molecular complexity index is 4150. The van der Waals surface area contributed by atoms with Gasteiger partial charge in [0.05, 0.1) is 28.4 Å². The molecule has 3 atom stereocenters. The number of likely N-dealkylation sites (N-methyl/N-ethyl adjacent to an activating group) is 2. The molecule has 15 nitrogen and oxygen atoms in total. The second kappa shape index (κ2) is 22.2. The highest BCUT2D eigenvalue weighted by Gasteiger charge is 2.63. The van der Waals surface area contributed by atoms with Crippen molar-refractivity contribution in [1.29, 1.82) is 0 Å². The van der Waals surface area contributed by atoms with Crippen molar-refractivity contribution >= 4 is 103 Å². The van der Waals surface area contributed by atoms with Crippen LogP contribution in [-0.2, 0) is 19.8 Å². The van der Waals surface area contributed by atoms with E-state index in [1.807, 2.05) is 0 Å². The minimum atomic E-state index is -3.31. The molecule has 81 heavy (non-hydrogen) atoms. The molecule has 3 unspecified atom stereocenters. The van der Waals surface area contributed by atoms with E-state index in [1.165, 1.54) is 113 Å². The van der Waals surface area contributed by atoms with Crippen LogP contribution in [0.25, 0.3) is 32.7 Å². The van der Waals surface area contributed by atoms with Crippen molar-refractivity contribution < 1.29 is 57.3 Å². The van der Waals surface area contributed by atoms with Crippen molar-refractivity contribution in [2.45, 2.75) is 58.3 Å². The van der Waals surface area contributed by atoms with E-state index in [1.54, 1.807) is 6.92 Å². The number of hydrogen-bond donors (Lipinski definition) is 6. The molecule has 0 spiro atoms. The Morgan fingerprint density at radius 3 is 1.27 bits per heavy atom. The monoisotopic (exact) mass is 1160 g/mol. The van der Waals surface area contributed by atoms with E-state index in [0.29, 0.717) is 0 Å². The van der Waals surface area contributed by atoms with Gasteiger partial charge in [-0.2, -0.15) is 0 Å². The molecule has 9 aromatic rings. The van der Waals surface area contributed by atoms with Crippen molar-refractivity contribution in [1.82, 2.24) is 29.7 Å². The quantitative estimate of drug-likeness (QED) is 0.0610. The van der Waals surface area contributed by atoms with Crippen LogP contribution in [0.5, 0.6) is 17.2 Å². The largest absolute Gasteiger partial charge is 0.505 e. The number of aromatic nitrogens is 3. The Hall–Kier alpha value is -8.58. The van der Waals surface area contributed by atoms with Gasteiger partial charge in [-0.05, 0) is 136 Å². The van der Waals surface area contributed by atoms with Crippen molar-refractivity contribution in [3.05, 3.63) is 192 Å². The molecule has 0 radical (unpaired) electrons. The summed E-state index contributed by atoms with van der Waals surface area (Å²) >= 11 is 19.2. The number of carbonyl (C=O) groups is 6. The molecule has 9 rings (SSSR count). The first-order valence-electron chi connectivity index (χ1n) is 25.3. The summed E-state index contributed by atoms with van der Waals surface area (Å²) in [7, 11) is 1.13. The molecular weight excluding hydrogens is 1110 g/mol. The molecule has 0 aliphatic heterocycles. The first kappa shape index (κ1) is 57.1. The number of phenolic OH excluding ortho intramolecular Hbond substituents is 3. The summed E-state index contributed by atoms with van der Waals surface area (Å²) in [6.45, 7) is 6.47. The average Bonchev–Trinajstić information content (AvgIpc) is 4.14. The maximum absolute atomic E-state index is 18.1. The lowest BCUT2D eigenvalue weighted by atomic mass is 9.56. The summed E-state index contributed by atoms with van der Waals surface area (Å²) in [6, 6.07) is 23.3. The SMILES string of the molecule is CCCNC(=O)C(c1c(C)n(C(=O)c2cccc(Cl)c2)c2ccc(O)c(F)c12)(C(C(=O)NC)c1c(C)n(C(=O)c2cccc(Cl)c2)c2ccc(O)c(F)c12)C(C(=O)NCC)c1c(C)n(C(=O)c2cccc(Cl)c2)c2ccc(O)c(F)c12. The van der Waals surface area contributed by atoms with Gasteiger partial charge in [-0.15, -0.1) is 0 Å². The summed E-state index contributed by atoms with van der Waals surface area (Å²) < 4.78 is 56.6. The summed E-state index contributed by atoms with van der Waals surface area (Å²) in [5, 5.41) is 40.6. The van der Waals surface area contributed by atoms with Gasteiger partial charge in [0.25, 0.3) is 17.7 Å². The predicted molar refractivity (Wildman–Crippen MR) is 302 cm³/mol. The van der Waals surface area contributed by atoms with E-state index >= 15 is 41.9 Å². The van der Waals surface area contributed by atoms with Gasteiger partial charge in [-0.1, -0.05) is 59.9 Å². The first-order valence-corrected chi connectivity index (χ1v) is 26.5. The second-order valence-electron chi connectivity index (χ2n) is 19.3. The zero-order valence-corrected chi connectivity index (χ0v) is 46.3. The number of amides is 3. The molecule has 21 heteroatoms. The molecule has 0 saturated carbocycles. The van der Waals surface area contributed by atoms with Gasteiger partial charge in [0.2, 0.25) is 17.7 Å². The number of nitrogens with zero attached hydrogens (tertiary/aromatic N) is 3. The van der Waals surface area contributed by atoms with Crippen LogP contribution < -0.4 is 16.0 Å². The predicted octanol–water partition coefficient (Wildman–Crippen LogP) is 11.2. The molecule has 3 amide bonds. The topological polar surface area (TPSA) is 214 Å². The summed E-state index contributed by atoms with van der Waals surface area (Å²) in [5.74, 6) is -19.0.